The molecule has 0 unspecified atom stereocenters. The Balaban J connectivity index is 1.30. The molecule has 0 atom stereocenters. The number of morpholine rings is 1. The maximum atomic E-state index is 12.2. The van der Waals surface area contributed by atoms with Crippen LogP contribution in [0.1, 0.15) is 24.1 Å². The Morgan fingerprint density at radius 3 is 2.74 bits per heavy atom. The fourth-order valence-electron chi connectivity index (χ4n) is 4.39. The average molecular weight is 470 g/mol. The highest BCUT2D eigenvalue weighted by Gasteiger charge is 2.29. The predicted molar refractivity (Wildman–Crippen MR) is 138 cm³/mol. The molecule has 2 N–H and O–H groups in total. The van der Waals surface area contributed by atoms with Gasteiger partial charge in [-0.15, -0.1) is 0 Å². The fourth-order valence-corrected chi connectivity index (χ4v) is 4.39. The van der Waals surface area contributed by atoms with Crippen LogP contribution in [0.25, 0.3) is 28.4 Å². The molecule has 0 aromatic carbocycles. The van der Waals surface area contributed by atoms with E-state index in [1.807, 2.05) is 36.0 Å². The van der Waals surface area contributed by atoms with Crippen molar-refractivity contribution >= 4 is 51.7 Å². The lowest BCUT2D eigenvalue weighted by molar-refractivity contribution is -0.117. The summed E-state index contributed by atoms with van der Waals surface area (Å²) >= 11 is 0. The molecular weight excluding hydrogens is 442 g/mol. The third-order valence-corrected chi connectivity index (χ3v) is 6.51. The maximum Gasteiger partial charge on any atom is 0.228 e. The van der Waals surface area contributed by atoms with Gasteiger partial charge >= 0.3 is 0 Å². The lowest BCUT2D eigenvalue weighted by Crippen LogP contribution is -2.36. The zero-order valence-corrected chi connectivity index (χ0v) is 19.6. The summed E-state index contributed by atoms with van der Waals surface area (Å²) in [4.78, 5) is 23.5. The van der Waals surface area contributed by atoms with Gasteiger partial charge in [0.2, 0.25) is 5.91 Å². The first-order valence-electron chi connectivity index (χ1n) is 12.0. The topological polar surface area (TPSA) is 96.7 Å². The highest BCUT2D eigenvalue weighted by Crippen LogP contribution is 2.31. The van der Waals surface area contributed by atoms with E-state index in [4.69, 9.17) is 9.84 Å². The predicted octanol–water partition coefficient (Wildman–Crippen LogP) is 3.67. The molecule has 35 heavy (non-hydrogen) atoms. The summed E-state index contributed by atoms with van der Waals surface area (Å²) in [5.74, 6) is 1.46. The Bertz CT molecular complexity index is 1430. The van der Waals surface area contributed by atoms with Crippen LogP contribution in [0, 0.1) is 5.92 Å². The molecule has 4 aromatic heterocycles. The van der Waals surface area contributed by atoms with E-state index in [9.17, 15) is 4.79 Å². The van der Waals surface area contributed by atoms with Gasteiger partial charge in [-0.3, -0.25) is 4.79 Å². The van der Waals surface area contributed by atoms with Crippen molar-refractivity contribution in [1.29, 1.82) is 0 Å². The summed E-state index contributed by atoms with van der Waals surface area (Å²) in [5.41, 5.74) is 3.95. The summed E-state index contributed by atoms with van der Waals surface area (Å²) in [6.45, 7) is 3.28. The standard InChI is InChI=1S/C26H27N7O2/c1-27-25-23-15-28-24(30-26(34)17-2-3-17)13-22(23)18(14-29-25)4-5-19-12-20-6-7-21(16-33(20)31-19)32-8-10-35-11-9-32/h4-7,12-17H,2-3,8-11H2,1H3,(H,27,29)(H,28,30,34)/b5-4+. The van der Waals surface area contributed by atoms with Crippen molar-refractivity contribution < 1.29 is 9.53 Å². The summed E-state index contributed by atoms with van der Waals surface area (Å²) < 4.78 is 7.38. The van der Waals surface area contributed by atoms with Crippen molar-refractivity contribution in [3.63, 3.8) is 0 Å². The SMILES string of the molecule is CNc1ncc(/C=C/c2cc3ccc(N4CCOCC4)cn3n2)c2cc(NC(=O)C3CC3)ncc12. The molecule has 1 aliphatic heterocycles. The molecule has 9 heteroatoms. The molecule has 6 rings (SSSR count). The van der Waals surface area contributed by atoms with Gasteiger partial charge in [-0.2, -0.15) is 5.10 Å². The molecule has 5 heterocycles. The molecule has 0 radical (unpaired) electrons. The van der Waals surface area contributed by atoms with Crippen LogP contribution in [0.4, 0.5) is 17.3 Å². The third kappa shape index (κ3) is 4.42. The lowest BCUT2D eigenvalue weighted by Gasteiger charge is -2.28. The van der Waals surface area contributed by atoms with Gasteiger partial charge in [0.25, 0.3) is 0 Å². The normalized spacial score (nSPS) is 16.3. The first kappa shape index (κ1) is 21.5. The van der Waals surface area contributed by atoms with Crippen LogP contribution < -0.4 is 15.5 Å². The van der Waals surface area contributed by atoms with Crippen LogP contribution >= 0.6 is 0 Å². The van der Waals surface area contributed by atoms with Gasteiger partial charge in [0.15, 0.2) is 0 Å². The van der Waals surface area contributed by atoms with Gasteiger partial charge in [0.1, 0.15) is 11.6 Å². The molecule has 0 spiro atoms. The number of hydrogen-bond acceptors (Lipinski definition) is 7. The van der Waals surface area contributed by atoms with Crippen LogP contribution in [-0.2, 0) is 9.53 Å². The molecule has 1 saturated carbocycles. The van der Waals surface area contributed by atoms with E-state index in [2.05, 4.69) is 49.9 Å². The molecule has 178 valence electrons. The monoisotopic (exact) mass is 469 g/mol. The number of amides is 1. The second-order valence-corrected chi connectivity index (χ2v) is 8.95. The number of rotatable bonds is 6. The Labute approximate surface area is 202 Å². The van der Waals surface area contributed by atoms with Crippen LogP contribution in [0.3, 0.4) is 0 Å². The van der Waals surface area contributed by atoms with E-state index in [0.717, 1.165) is 78.2 Å². The number of nitrogens with one attached hydrogen (secondary N) is 2. The van der Waals surface area contributed by atoms with E-state index in [1.54, 1.807) is 6.20 Å². The Morgan fingerprint density at radius 1 is 1.09 bits per heavy atom. The second-order valence-electron chi connectivity index (χ2n) is 8.95. The highest BCUT2D eigenvalue weighted by atomic mass is 16.5. The van der Waals surface area contributed by atoms with E-state index in [0.29, 0.717) is 5.82 Å². The number of fused-ring (bicyclic) bond motifs is 2. The third-order valence-electron chi connectivity index (χ3n) is 6.51. The van der Waals surface area contributed by atoms with Crippen LogP contribution in [0.15, 0.2) is 42.9 Å². The lowest BCUT2D eigenvalue weighted by atomic mass is 10.1. The van der Waals surface area contributed by atoms with E-state index < -0.39 is 0 Å². The van der Waals surface area contributed by atoms with Gasteiger partial charge < -0.3 is 20.3 Å². The molecule has 2 fully saturated rings. The first-order chi connectivity index (χ1) is 17.2. The number of nitrogens with zero attached hydrogens (tertiary/aromatic N) is 5. The molecule has 1 amide bonds. The summed E-state index contributed by atoms with van der Waals surface area (Å²) in [6, 6.07) is 8.19. The number of carbonyl (C=O) groups excluding carboxylic acids is 1. The number of hydrogen-bond donors (Lipinski definition) is 2. The molecule has 4 aromatic rings. The van der Waals surface area contributed by atoms with Gasteiger partial charge in [-0.05, 0) is 48.6 Å². The Kier molecular flexibility index (Phi) is 5.54. The van der Waals surface area contributed by atoms with Crippen molar-refractivity contribution in [2.45, 2.75) is 12.8 Å². The van der Waals surface area contributed by atoms with Crippen LogP contribution in [0.2, 0.25) is 0 Å². The zero-order chi connectivity index (χ0) is 23.8. The molecule has 2 aliphatic rings. The molecule has 9 nitrogen and oxygen atoms in total. The minimum atomic E-state index is 0.0398. The minimum Gasteiger partial charge on any atom is -0.378 e. The summed E-state index contributed by atoms with van der Waals surface area (Å²) in [6.07, 6.45) is 11.5. The number of aromatic nitrogens is 4. The maximum absolute atomic E-state index is 12.2. The van der Waals surface area contributed by atoms with Crippen molar-refractivity contribution in [3.8, 4) is 0 Å². The van der Waals surface area contributed by atoms with Crippen LogP contribution in [-0.4, -0.2) is 58.8 Å². The van der Waals surface area contributed by atoms with Gasteiger partial charge in [0.05, 0.1) is 36.3 Å². The number of ether oxygens (including phenoxy) is 1. The smallest absolute Gasteiger partial charge is 0.228 e. The van der Waals surface area contributed by atoms with Crippen molar-refractivity contribution in [2.24, 2.45) is 5.92 Å². The molecule has 1 aliphatic carbocycles. The number of anilines is 3. The van der Waals surface area contributed by atoms with Gasteiger partial charge in [-0.1, -0.05) is 6.08 Å². The van der Waals surface area contributed by atoms with Crippen LogP contribution in [0.5, 0.6) is 0 Å². The quantitative estimate of drug-likeness (QED) is 0.445. The molecular formula is C26H27N7O2. The highest BCUT2D eigenvalue weighted by molar-refractivity contribution is 6.01. The van der Waals surface area contributed by atoms with E-state index in [-0.39, 0.29) is 11.8 Å². The molecule has 0 bridgehead atoms. The van der Waals surface area contributed by atoms with Gasteiger partial charge in [-0.25, -0.2) is 14.5 Å². The second kappa shape index (κ2) is 8.99. The summed E-state index contributed by atoms with van der Waals surface area (Å²) in [5, 5.41) is 12.7. The number of pyridine rings is 3. The molecule has 1 saturated heterocycles. The largest absolute Gasteiger partial charge is 0.378 e. The average Bonchev–Trinajstić information content (AvgIpc) is 3.67. The van der Waals surface area contributed by atoms with E-state index in [1.165, 1.54) is 0 Å². The Morgan fingerprint density at radius 2 is 1.94 bits per heavy atom. The summed E-state index contributed by atoms with van der Waals surface area (Å²) in [7, 11) is 1.84. The van der Waals surface area contributed by atoms with E-state index >= 15 is 0 Å². The minimum absolute atomic E-state index is 0.0398. The van der Waals surface area contributed by atoms with Crippen molar-refractivity contribution in [3.05, 3.63) is 54.1 Å². The van der Waals surface area contributed by atoms with Crippen molar-refractivity contribution in [1.82, 2.24) is 19.6 Å². The first-order valence-corrected chi connectivity index (χ1v) is 12.0. The zero-order valence-electron chi connectivity index (χ0n) is 19.6. The van der Waals surface area contributed by atoms with Crippen molar-refractivity contribution in [2.75, 3.05) is 48.9 Å². The fraction of sp³-hybridized carbons (Fsp3) is 0.308. The Hall–Kier alpha value is -3.98. The van der Waals surface area contributed by atoms with Gasteiger partial charge in [0, 0.05) is 49.4 Å². The number of carbonyl (C=O) groups is 1.